The van der Waals surface area contributed by atoms with Crippen LogP contribution in [-0.2, 0) is 4.74 Å². The second kappa shape index (κ2) is 3.37. The Kier molecular flexibility index (Phi) is 2.41. The van der Waals surface area contributed by atoms with Crippen molar-refractivity contribution < 1.29 is 14.6 Å². The number of nitrogens with zero attached hydrogens (tertiary/aromatic N) is 1. The number of hydrogen-bond acceptors (Lipinski definition) is 3. The monoisotopic (exact) mass is 213 g/mol. The zero-order valence-corrected chi connectivity index (χ0v) is 9.56. The van der Waals surface area contributed by atoms with Crippen molar-refractivity contribution in [2.75, 3.05) is 13.1 Å². The minimum atomic E-state index is -0.456. The Balaban J connectivity index is 1.90. The van der Waals surface area contributed by atoms with Gasteiger partial charge in [0.1, 0.15) is 5.60 Å². The van der Waals surface area contributed by atoms with Crippen LogP contribution in [0.1, 0.15) is 27.2 Å². The Labute approximate surface area is 90.2 Å². The van der Waals surface area contributed by atoms with E-state index in [0.717, 1.165) is 13.0 Å². The number of likely N-dealkylation sites (tertiary alicyclic amines) is 1. The molecule has 0 spiro atoms. The highest BCUT2D eigenvalue weighted by Gasteiger charge is 2.48. The van der Waals surface area contributed by atoms with Crippen molar-refractivity contribution in [3.05, 3.63) is 0 Å². The largest absolute Gasteiger partial charge is 0.444 e. The summed E-state index contributed by atoms with van der Waals surface area (Å²) in [7, 11) is 0. The van der Waals surface area contributed by atoms with Crippen LogP contribution in [0.5, 0.6) is 0 Å². The molecule has 15 heavy (non-hydrogen) atoms. The van der Waals surface area contributed by atoms with Crippen molar-refractivity contribution in [2.45, 2.75) is 38.9 Å². The Morgan fingerprint density at radius 1 is 1.40 bits per heavy atom. The van der Waals surface area contributed by atoms with Crippen molar-refractivity contribution in [1.29, 1.82) is 0 Å². The minimum Gasteiger partial charge on any atom is -0.444 e. The Hall–Kier alpha value is -0.770. The van der Waals surface area contributed by atoms with Gasteiger partial charge in [0, 0.05) is 6.54 Å². The predicted octanol–water partition coefficient (Wildman–Crippen LogP) is 1.23. The minimum absolute atomic E-state index is 0.299. The first-order valence-electron chi connectivity index (χ1n) is 5.53. The molecule has 1 aliphatic heterocycles. The fourth-order valence-corrected chi connectivity index (χ4v) is 2.15. The third kappa shape index (κ3) is 2.43. The second-order valence-electron chi connectivity index (χ2n) is 5.61. The average molecular weight is 213 g/mol. The summed E-state index contributed by atoms with van der Waals surface area (Å²) in [6.07, 6.45) is 0.406. The fraction of sp³-hybridized carbons (Fsp3) is 0.909. The second-order valence-corrected chi connectivity index (χ2v) is 5.61. The third-order valence-corrected chi connectivity index (χ3v) is 2.99. The molecule has 4 nitrogen and oxygen atoms in total. The van der Waals surface area contributed by atoms with E-state index in [-0.39, 0.29) is 12.2 Å². The smallest absolute Gasteiger partial charge is 0.410 e. The Morgan fingerprint density at radius 2 is 2.07 bits per heavy atom. The molecule has 1 amide bonds. The highest BCUT2D eigenvalue weighted by atomic mass is 16.6. The van der Waals surface area contributed by atoms with Gasteiger partial charge in [-0.05, 0) is 39.0 Å². The van der Waals surface area contributed by atoms with Gasteiger partial charge in [-0.3, -0.25) is 0 Å². The molecule has 1 saturated heterocycles. The van der Waals surface area contributed by atoms with E-state index in [4.69, 9.17) is 4.74 Å². The van der Waals surface area contributed by atoms with Gasteiger partial charge in [0.2, 0.25) is 0 Å². The molecule has 0 radical (unpaired) electrons. The van der Waals surface area contributed by atoms with Crippen LogP contribution in [0.25, 0.3) is 0 Å². The van der Waals surface area contributed by atoms with Crippen LogP contribution in [-0.4, -0.2) is 40.9 Å². The summed E-state index contributed by atoms with van der Waals surface area (Å²) in [6.45, 7) is 6.73. The van der Waals surface area contributed by atoms with Crippen LogP contribution in [0.15, 0.2) is 0 Å². The van der Waals surface area contributed by atoms with Crippen LogP contribution in [0.3, 0.4) is 0 Å². The number of aliphatic hydroxyl groups excluding tert-OH is 1. The summed E-state index contributed by atoms with van der Waals surface area (Å²) < 4.78 is 5.27. The lowest BCUT2D eigenvalue weighted by Crippen LogP contribution is -2.45. The molecule has 0 aromatic carbocycles. The lowest BCUT2D eigenvalue weighted by atomic mass is 10.1. The molecule has 3 atom stereocenters. The summed E-state index contributed by atoms with van der Waals surface area (Å²) in [5.41, 5.74) is -0.456. The number of β-amino-alcohol motifs (C(OH)–C–C–N with tert-alkyl or cyclic N) is 1. The molecule has 0 aromatic heterocycles. The molecule has 0 bridgehead atoms. The summed E-state index contributed by atoms with van der Waals surface area (Å²) in [6, 6.07) is 0. The molecular formula is C11H19NO3. The number of aliphatic hydroxyl groups is 1. The maximum absolute atomic E-state index is 11.7. The molecule has 0 aromatic rings. The highest BCUT2D eigenvalue weighted by Crippen LogP contribution is 2.45. The predicted molar refractivity (Wildman–Crippen MR) is 55.4 cm³/mol. The van der Waals surface area contributed by atoms with Crippen molar-refractivity contribution in [3.63, 3.8) is 0 Å². The zero-order chi connectivity index (χ0) is 11.2. The molecule has 2 fully saturated rings. The molecular weight excluding hydrogens is 194 g/mol. The van der Waals surface area contributed by atoms with Gasteiger partial charge in [0.25, 0.3) is 0 Å². The molecule has 4 heteroatoms. The third-order valence-electron chi connectivity index (χ3n) is 2.99. The van der Waals surface area contributed by atoms with Gasteiger partial charge in [0.05, 0.1) is 12.6 Å². The first-order valence-corrected chi connectivity index (χ1v) is 5.53. The van der Waals surface area contributed by atoms with Gasteiger partial charge in [0.15, 0.2) is 0 Å². The summed E-state index contributed by atoms with van der Waals surface area (Å²) in [5.74, 6) is 0.935. The molecule has 1 aliphatic carbocycles. The van der Waals surface area contributed by atoms with E-state index in [1.807, 2.05) is 20.8 Å². The Bertz CT molecular complexity index is 271. The van der Waals surface area contributed by atoms with Crippen molar-refractivity contribution in [2.24, 2.45) is 11.8 Å². The number of fused-ring (bicyclic) bond motifs is 1. The van der Waals surface area contributed by atoms with Crippen LogP contribution in [0.4, 0.5) is 4.79 Å². The van der Waals surface area contributed by atoms with Gasteiger partial charge >= 0.3 is 6.09 Å². The maximum atomic E-state index is 11.7. The molecule has 1 heterocycles. The topological polar surface area (TPSA) is 49.8 Å². The normalized spacial score (nSPS) is 34.7. The number of amides is 1. The number of ether oxygens (including phenoxy) is 1. The van der Waals surface area contributed by atoms with E-state index in [9.17, 15) is 9.90 Å². The number of carbonyl (C=O) groups excluding carboxylic acids is 1. The van der Waals surface area contributed by atoms with Crippen molar-refractivity contribution in [1.82, 2.24) is 4.90 Å². The van der Waals surface area contributed by atoms with Gasteiger partial charge in [-0.2, -0.15) is 0 Å². The fourth-order valence-electron chi connectivity index (χ4n) is 2.15. The van der Waals surface area contributed by atoms with Crippen LogP contribution in [0, 0.1) is 11.8 Å². The van der Waals surface area contributed by atoms with Crippen LogP contribution in [0.2, 0.25) is 0 Å². The van der Waals surface area contributed by atoms with E-state index < -0.39 is 5.60 Å². The molecule has 86 valence electrons. The zero-order valence-electron chi connectivity index (χ0n) is 9.56. The summed E-state index contributed by atoms with van der Waals surface area (Å²) in [4.78, 5) is 13.3. The summed E-state index contributed by atoms with van der Waals surface area (Å²) in [5, 5.41) is 9.69. The van der Waals surface area contributed by atoms with Gasteiger partial charge in [-0.25, -0.2) is 4.79 Å². The number of carbonyl (C=O) groups is 1. The van der Waals surface area contributed by atoms with E-state index in [2.05, 4.69) is 0 Å². The first-order chi connectivity index (χ1) is 6.87. The first kappa shape index (κ1) is 10.7. The molecule has 3 unspecified atom stereocenters. The Morgan fingerprint density at radius 3 is 2.60 bits per heavy atom. The van der Waals surface area contributed by atoms with E-state index in [1.165, 1.54) is 0 Å². The lowest BCUT2D eigenvalue weighted by molar-refractivity contribution is 0.00134. The van der Waals surface area contributed by atoms with Crippen molar-refractivity contribution >= 4 is 6.09 Å². The highest BCUT2D eigenvalue weighted by molar-refractivity contribution is 5.68. The molecule has 1 N–H and O–H groups in total. The van der Waals surface area contributed by atoms with E-state index in [0.29, 0.717) is 18.4 Å². The van der Waals surface area contributed by atoms with Crippen LogP contribution >= 0.6 is 0 Å². The quantitative estimate of drug-likeness (QED) is 0.658. The average Bonchev–Trinajstić information content (AvgIpc) is 2.79. The van der Waals surface area contributed by atoms with Crippen molar-refractivity contribution in [3.8, 4) is 0 Å². The lowest BCUT2D eigenvalue weighted by Gasteiger charge is -2.31. The number of rotatable bonds is 0. The van der Waals surface area contributed by atoms with E-state index in [1.54, 1.807) is 4.90 Å². The number of hydrogen-bond donors (Lipinski definition) is 1. The molecule has 2 rings (SSSR count). The summed E-state index contributed by atoms with van der Waals surface area (Å²) >= 11 is 0. The molecule has 2 aliphatic rings. The molecule has 1 saturated carbocycles. The van der Waals surface area contributed by atoms with Crippen LogP contribution < -0.4 is 0 Å². The van der Waals surface area contributed by atoms with Gasteiger partial charge < -0.3 is 14.7 Å². The van der Waals surface area contributed by atoms with Gasteiger partial charge in [-0.15, -0.1) is 0 Å². The number of piperidine rings is 1. The maximum Gasteiger partial charge on any atom is 0.410 e. The van der Waals surface area contributed by atoms with Gasteiger partial charge in [-0.1, -0.05) is 0 Å². The van der Waals surface area contributed by atoms with E-state index >= 15 is 0 Å². The standard InChI is InChI=1S/C11H19NO3/c1-11(2,3)15-10(14)12-5-7-4-8(7)9(13)6-12/h7-9,13H,4-6H2,1-3H3. The SMILES string of the molecule is CC(C)(C)OC(=O)N1CC(O)C2CC2C1.